The molecule has 2 aromatic carbocycles. The molecule has 0 unspecified atom stereocenters. The van der Waals surface area contributed by atoms with Gasteiger partial charge in [0.05, 0.1) is 23.4 Å². The highest BCUT2D eigenvalue weighted by Crippen LogP contribution is 2.38. The van der Waals surface area contributed by atoms with Crippen LogP contribution in [0.15, 0.2) is 42.5 Å². The van der Waals surface area contributed by atoms with Crippen molar-refractivity contribution in [3.63, 3.8) is 0 Å². The number of amides is 2. The Labute approximate surface area is 171 Å². The van der Waals surface area contributed by atoms with Crippen LogP contribution in [0.3, 0.4) is 0 Å². The summed E-state index contributed by atoms with van der Waals surface area (Å²) in [5, 5.41) is 0. The lowest BCUT2D eigenvalue weighted by Crippen LogP contribution is -2.50. The predicted octanol–water partition coefficient (Wildman–Crippen LogP) is 3.38. The van der Waals surface area contributed by atoms with E-state index in [-0.39, 0.29) is 24.0 Å². The summed E-state index contributed by atoms with van der Waals surface area (Å²) in [4.78, 5) is 25.2. The van der Waals surface area contributed by atoms with Gasteiger partial charge in [-0.15, -0.1) is 0 Å². The number of benzene rings is 2. The number of ether oxygens (including phenoxy) is 2. The Hall–Kier alpha value is -3.44. The number of halogens is 6. The molecule has 2 amide bonds. The lowest BCUT2D eigenvalue weighted by Gasteiger charge is -2.33. The first-order chi connectivity index (χ1) is 14.4. The molecule has 1 aliphatic heterocycles. The van der Waals surface area contributed by atoms with E-state index in [2.05, 4.69) is 0 Å². The molecular formula is C19H14F6N2O4. The number of nitrogens with zero attached hydrogens (tertiary/aromatic N) is 1. The van der Waals surface area contributed by atoms with Crippen LogP contribution in [-0.4, -0.2) is 31.1 Å². The van der Waals surface area contributed by atoms with Gasteiger partial charge in [0.1, 0.15) is 11.5 Å². The summed E-state index contributed by atoms with van der Waals surface area (Å²) in [6.45, 7) is -1.19. The van der Waals surface area contributed by atoms with Gasteiger partial charge >= 0.3 is 12.4 Å². The summed E-state index contributed by atoms with van der Waals surface area (Å²) in [5.74, 6) is -2.32. The van der Waals surface area contributed by atoms with Gasteiger partial charge in [-0.25, -0.2) is 0 Å². The Morgan fingerprint density at radius 3 is 2.16 bits per heavy atom. The Morgan fingerprint density at radius 2 is 1.61 bits per heavy atom. The maximum absolute atomic E-state index is 13.0. The molecule has 31 heavy (non-hydrogen) atoms. The highest BCUT2D eigenvalue weighted by atomic mass is 19.4. The molecule has 0 saturated carbocycles. The zero-order valence-electron chi connectivity index (χ0n) is 15.5. The van der Waals surface area contributed by atoms with Crippen LogP contribution in [-0.2, 0) is 21.9 Å². The first kappa shape index (κ1) is 22.2. The number of para-hydroxylation sites is 2. The third-order valence-corrected chi connectivity index (χ3v) is 4.32. The SMILES string of the molecule is NC(=O)[C@H]1CN(C(=O)COc2cc(C(F)(F)F)cc(C(F)(F)F)c2)c2ccccc2O1. The van der Waals surface area contributed by atoms with E-state index < -0.39 is 53.8 Å². The van der Waals surface area contributed by atoms with Crippen LogP contribution in [0.2, 0.25) is 0 Å². The molecule has 1 heterocycles. The fourth-order valence-corrected chi connectivity index (χ4v) is 2.85. The number of hydrogen-bond donors (Lipinski definition) is 1. The highest BCUT2D eigenvalue weighted by Gasteiger charge is 2.37. The van der Waals surface area contributed by atoms with Crippen LogP contribution in [0.5, 0.6) is 11.5 Å². The summed E-state index contributed by atoms with van der Waals surface area (Å²) in [6, 6.07) is 6.76. The lowest BCUT2D eigenvalue weighted by molar-refractivity contribution is -0.143. The first-order valence-corrected chi connectivity index (χ1v) is 8.64. The number of alkyl halides is 6. The number of primary amides is 1. The van der Waals surface area contributed by atoms with E-state index in [9.17, 15) is 35.9 Å². The molecular weight excluding hydrogens is 434 g/mol. The molecule has 2 aromatic rings. The smallest absolute Gasteiger partial charge is 0.416 e. The third kappa shape index (κ3) is 5.01. The molecule has 0 bridgehead atoms. The molecule has 0 saturated heterocycles. The molecule has 0 spiro atoms. The molecule has 166 valence electrons. The summed E-state index contributed by atoms with van der Waals surface area (Å²) >= 11 is 0. The molecule has 6 nitrogen and oxygen atoms in total. The van der Waals surface area contributed by atoms with Crippen molar-refractivity contribution in [3.8, 4) is 11.5 Å². The minimum Gasteiger partial charge on any atom is -0.484 e. The summed E-state index contributed by atoms with van der Waals surface area (Å²) in [6.07, 6.45) is -11.3. The standard InChI is InChI=1S/C19H14F6N2O4/c20-18(21,22)10-5-11(19(23,24)25)7-12(6-10)30-9-16(28)27-8-15(17(26)29)31-14-4-2-1-3-13(14)27/h1-7,15H,8-9H2,(H2,26,29)/t15-/m1/s1. The third-order valence-electron chi connectivity index (χ3n) is 4.32. The van der Waals surface area contributed by atoms with Crippen molar-refractivity contribution >= 4 is 17.5 Å². The summed E-state index contributed by atoms with van der Waals surface area (Å²) in [5.41, 5.74) is 2.32. The van der Waals surface area contributed by atoms with E-state index in [4.69, 9.17) is 15.2 Å². The number of nitrogens with two attached hydrogens (primary N) is 1. The molecule has 1 aliphatic rings. The molecule has 0 fully saturated rings. The van der Waals surface area contributed by atoms with Gasteiger partial charge in [0.2, 0.25) is 0 Å². The van der Waals surface area contributed by atoms with Gasteiger partial charge in [0, 0.05) is 0 Å². The van der Waals surface area contributed by atoms with Crippen LogP contribution in [0.25, 0.3) is 0 Å². The van der Waals surface area contributed by atoms with Crippen molar-refractivity contribution in [2.45, 2.75) is 18.5 Å². The number of rotatable bonds is 4. The minimum atomic E-state index is -5.05. The Bertz CT molecular complexity index is 973. The van der Waals surface area contributed by atoms with Gasteiger partial charge in [-0.1, -0.05) is 12.1 Å². The molecule has 3 rings (SSSR count). The van der Waals surface area contributed by atoms with E-state index in [0.717, 1.165) is 4.90 Å². The second-order valence-electron chi connectivity index (χ2n) is 6.51. The van der Waals surface area contributed by atoms with Crippen molar-refractivity contribution in [3.05, 3.63) is 53.6 Å². The number of anilines is 1. The van der Waals surface area contributed by atoms with E-state index in [1.807, 2.05) is 0 Å². The Kier molecular flexibility index (Phi) is 5.74. The Balaban J connectivity index is 1.84. The van der Waals surface area contributed by atoms with E-state index in [1.165, 1.54) is 12.1 Å². The molecule has 1 atom stereocenters. The maximum Gasteiger partial charge on any atom is 0.416 e. The highest BCUT2D eigenvalue weighted by molar-refractivity contribution is 5.98. The maximum atomic E-state index is 13.0. The molecule has 2 N–H and O–H groups in total. The second-order valence-corrected chi connectivity index (χ2v) is 6.51. The van der Waals surface area contributed by atoms with Crippen LogP contribution < -0.4 is 20.1 Å². The number of carbonyl (C=O) groups excluding carboxylic acids is 2. The van der Waals surface area contributed by atoms with Crippen molar-refractivity contribution in [2.75, 3.05) is 18.1 Å². The lowest BCUT2D eigenvalue weighted by atomic mass is 10.1. The Morgan fingerprint density at radius 1 is 1.03 bits per heavy atom. The average Bonchev–Trinajstić information content (AvgIpc) is 2.69. The second kappa shape index (κ2) is 8.00. The summed E-state index contributed by atoms with van der Waals surface area (Å²) < 4.78 is 88.1. The van der Waals surface area contributed by atoms with E-state index in [0.29, 0.717) is 12.1 Å². The minimum absolute atomic E-state index is 0.0512. The molecule has 12 heteroatoms. The number of hydrogen-bond acceptors (Lipinski definition) is 4. The van der Waals surface area contributed by atoms with Crippen molar-refractivity contribution in [2.24, 2.45) is 5.73 Å². The van der Waals surface area contributed by atoms with Gasteiger partial charge in [-0.3, -0.25) is 9.59 Å². The van der Waals surface area contributed by atoms with Gasteiger partial charge < -0.3 is 20.1 Å². The number of fused-ring (bicyclic) bond motifs is 1. The van der Waals surface area contributed by atoms with Crippen molar-refractivity contribution in [1.29, 1.82) is 0 Å². The van der Waals surface area contributed by atoms with Gasteiger partial charge in [0.15, 0.2) is 12.7 Å². The van der Waals surface area contributed by atoms with Gasteiger partial charge in [-0.2, -0.15) is 26.3 Å². The van der Waals surface area contributed by atoms with Crippen molar-refractivity contribution in [1.82, 2.24) is 0 Å². The number of carbonyl (C=O) groups is 2. The molecule has 0 radical (unpaired) electrons. The fraction of sp³-hybridized carbons (Fsp3) is 0.263. The normalized spacial score (nSPS) is 16.3. The van der Waals surface area contributed by atoms with Crippen LogP contribution in [0, 0.1) is 0 Å². The van der Waals surface area contributed by atoms with E-state index in [1.54, 1.807) is 12.1 Å². The predicted molar refractivity (Wildman–Crippen MR) is 94.3 cm³/mol. The van der Waals surface area contributed by atoms with Gasteiger partial charge in [0.25, 0.3) is 11.8 Å². The van der Waals surface area contributed by atoms with Crippen LogP contribution in [0.4, 0.5) is 32.0 Å². The largest absolute Gasteiger partial charge is 0.484 e. The average molecular weight is 448 g/mol. The van der Waals surface area contributed by atoms with Crippen LogP contribution >= 0.6 is 0 Å². The summed E-state index contributed by atoms with van der Waals surface area (Å²) in [7, 11) is 0. The monoisotopic (exact) mass is 448 g/mol. The van der Waals surface area contributed by atoms with Crippen molar-refractivity contribution < 1.29 is 45.4 Å². The zero-order chi connectivity index (χ0) is 23.0. The van der Waals surface area contributed by atoms with Crippen LogP contribution in [0.1, 0.15) is 11.1 Å². The van der Waals surface area contributed by atoms with E-state index >= 15 is 0 Å². The molecule has 0 aromatic heterocycles. The molecule has 0 aliphatic carbocycles. The first-order valence-electron chi connectivity index (χ1n) is 8.64. The zero-order valence-corrected chi connectivity index (χ0v) is 15.5. The topological polar surface area (TPSA) is 81.9 Å². The quantitative estimate of drug-likeness (QED) is 0.728. The fourth-order valence-electron chi connectivity index (χ4n) is 2.85. The van der Waals surface area contributed by atoms with Gasteiger partial charge in [-0.05, 0) is 30.3 Å².